The topological polar surface area (TPSA) is 6.48 Å². The van der Waals surface area contributed by atoms with Crippen LogP contribution in [-0.4, -0.2) is 42.0 Å². The van der Waals surface area contributed by atoms with Gasteiger partial charge in [0.25, 0.3) is 0 Å². The van der Waals surface area contributed by atoms with Gasteiger partial charge in [0.05, 0.1) is 0 Å². The summed E-state index contributed by atoms with van der Waals surface area (Å²) in [6, 6.07) is 12.3. The van der Waals surface area contributed by atoms with E-state index in [-0.39, 0.29) is 0 Å². The Labute approximate surface area is 104 Å². The maximum Gasteiger partial charge on any atom is 0.0240 e. The van der Waals surface area contributed by atoms with E-state index in [2.05, 4.69) is 53.6 Å². The first-order chi connectivity index (χ1) is 8.33. The molecule has 2 bridgehead atoms. The predicted octanol–water partition coefficient (Wildman–Crippen LogP) is 2.17. The highest BCUT2D eigenvalue weighted by molar-refractivity contribution is 5.15. The summed E-state index contributed by atoms with van der Waals surface area (Å²) in [7, 11) is 2.26. The molecule has 1 aromatic rings. The van der Waals surface area contributed by atoms with Crippen LogP contribution in [0.1, 0.15) is 18.4 Å². The molecule has 0 saturated carbocycles. The van der Waals surface area contributed by atoms with Gasteiger partial charge >= 0.3 is 0 Å². The van der Waals surface area contributed by atoms with Gasteiger partial charge in [-0.05, 0) is 31.9 Å². The van der Waals surface area contributed by atoms with E-state index in [0.717, 1.165) is 18.6 Å². The van der Waals surface area contributed by atoms with Gasteiger partial charge in [-0.15, -0.1) is 0 Å². The van der Waals surface area contributed by atoms with Crippen molar-refractivity contribution in [3.8, 4) is 0 Å². The van der Waals surface area contributed by atoms with E-state index in [4.69, 9.17) is 0 Å². The van der Waals surface area contributed by atoms with Crippen LogP contribution in [0.15, 0.2) is 30.3 Å². The zero-order valence-corrected chi connectivity index (χ0v) is 10.5. The molecule has 3 rings (SSSR count). The van der Waals surface area contributed by atoms with Gasteiger partial charge in [0.1, 0.15) is 0 Å². The number of benzene rings is 1. The predicted molar refractivity (Wildman–Crippen MR) is 70.6 cm³/mol. The van der Waals surface area contributed by atoms with Gasteiger partial charge in [-0.25, -0.2) is 0 Å². The van der Waals surface area contributed by atoms with E-state index in [0.29, 0.717) is 0 Å². The first-order valence-electron chi connectivity index (χ1n) is 6.63. The molecule has 2 fully saturated rings. The second kappa shape index (κ2) is 4.79. The molecule has 2 unspecified atom stereocenters. The van der Waals surface area contributed by atoms with E-state index in [1.165, 1.54) is 31.5 Å². The summed E-state index contributed by atoms with van der Waals surface area (Å²) in [5, 5.41) is 0. The van der Waals surface area contributed by atoms with Crippen LogP contribution in [0.25, 0.3) is 0 Å². The Morgan fingerprint density at radius 3 is 2.35 bits per heavy atom. The monoisotopic (exact) mass is 229 g/mol. The molecule has 2 heteroatoms. The molecule has 2 aliphatic rings. The highest BCUT2D eigenvalue weighted by atomic mass is 15.3. The van der Waals surface area contributed by atoms with Crippen molar-refractivity contribution in [2.24, 2.45) is 0 Å². The number of likely N-dealkylation sites (tertiary alicyclic amines) is 1. The van der Waals surface area contributed by atoms with Crippen LogP contribution in [0, 0.1) is 6.42 Å². The number of fused-ring (bicyclic) bond motifs is 2. The van der Waals surface area contributed by atoms with E-state index in [1.807, 2.05) is 0 Å². The third kappa shape index (κ3) is 2.38. The number of likely N-dealkylation sites (N-methyl/N-ethyl adjacent to an activating group) is 1. The number of rotatable bonds is 2. The van der Waals surface area contributed by atoms with Crippen LogP contribution in [0.4, 0.5) is 0 Å². The van der Waals surface area contributed by atoms with E-state index >= 15 is 0 Å². The SMILES string of the molecule is CN1CC2C[CH]CC(C1)N2Cc1ccccc1. The Morgan fingerprint density at radius 1 is 1.06 bits per heavy atom. The number of piperazine rings is 1. The smallest absolute Gasteiger partial charge is 0.0240 e. The Hall–Kier alpha value is -0.860. The van der Waals surface area contributed by atoms with E-state index in [9.17, 15) is 0 Å². The molecule has 2 atom stereocenters. The van der Waals surface area contributed by atoms with Crippen molar-refractivity contribution in [2.45, 2.75) is 31.5 Å². The van der Waals surface area contributed by atoms with Gasteiger partial charge < -0.3 is 4.90 Å². The molecule has 0 amide bonds. The molecule has 1 radical (unpaired) electrons. The minimum absolute atomic E-state index is 0.729. The van der Waals surface area contributed by atoms with E-state index in [1.54, 1.807) is 0 Å². The maximum atomic E-state index is 2.72. The van der Waals surface area contributed by atoms with Gasteiger partial charge in [0, 0.05) is 31.7 Å². The minimum Gasteiger partial charge on any atom is -0.303 e. The van der Waals surface area contributed by atoms with Crippen molar-refractivity contribution < 1.29 is 0 Å². The number of nitrogens with zero attached hydrogens (tertiary/aromatic N) is 2. The molecule has 2 aliphatic heterocycles. The second-order valence-corrected chi connectivity index (χ2v) is 5.45. The van der Waals surface area contributed by atoms with Crippen molar-refractivity contribution in [3.63, 3.8) is 0 Å². The van der Waals surface area contributed by atoms with Crippen LogP contribution >= 0.6 is 0 Å². The molecule has 0 aromatic heterocycles. The lowest BCUT2D eigenvalue weighted by atomic mass is 9.91. The largest absolute Gasteiger partial charge is 0.303 e. The summed E-state index contributed by atoms with van der Waals surface area (Å²) in [4.78, 5) is 5.21. The maximum absolute atomic E-state index is 2.72. The fourth-order valence-electron chi connectivity index (χ4n) is 3.26. The molecular formula is C15H21N2. The fourth-order valence-corrected chi connectivity index (χ4v) is 3.26. The Balaban J connectivity index is 1.74. The van der Waals surface area contributed by atoms with Crippen molar-refractivity contribution in [1.82, 2.24) is 9.80 Å². The zero-order valence-electron chi connectivity index (χ0n) is 10.5. The van der Waals surface area contributed by atoms with Crippen LogP contribution in [-0.2, 0) is 6.54 Å². The minimum atomic E-state index is 0.729. The molecule has 0 spiro atoms. The van der Waals surface area contributed by atoms with Crippen molar-refractivity contribution in [3.05, 3.63) is 42.3 Å². The van der Waals surface area contributed by atoms with Crippen molar-refractivity contribution in [1.29, 1.82) is 0 Å². The van der Waals surface area contributed by atoms with E-state index < -0.39 is 0 Å². The van der Waals surface area contributed by atoms with Crippen molar-refractivity contribution in [2.75, 3.05) is 20.1 Å². The third-order valence-electron chi connectivity index (χ3n) is 4.07. The lowest BCUT2D eigenvalue weighted by Gasteiger charge is -2.49. The van der Waals surface area contributed by atoms with Gasteiger partial charge in [-0.1, -0.05) is 30.3 Å². The van der Waals surface area contributed by atoms with Gasteiger partial charge in [-0.3, -0.25) is 4.90 Å². The molecule has 0 N–H and O–H groups in total. The average molecular weight is 229 g/mol. The molecule has 2 heterocycles. The number of hydrogen-bond acceptors (Lipinski definition) is 2. The quantitative estimate of drug-likeness (QED) is 0.767. The Kier molecular flexibility index (Phi) is 3.17. The lowest BCUT2D eigenvalue weighted by molar-refractivity contribution is 0.0102. The molecular weight excluding hydrogens is 208 g/mol. The first-order valence-corrected chi connectivity index (χ1v) is 6.63. The van der Waals surface area contributed by atoms with Crippen LogP contribution in [0.2, 0.25) is 0 Å². The normalized spacial score (nSPS) is 30.4. The third-order valence-corrected chi connectivity index (χ3v) is 4.07. The molecule has 2 saturated heterocycles. The van der Waals surface area contributed by atoms with Crippen LogP contribution < -0.4 is 0 Å². The van der Waals surface area contributed by atoms with Gasteiger partial charge in [-0.2, -0.15) is 0 Å². The average Bonchev–Trinajstić information content (AvgIpc) is 2.32. The second-order valence-electron chi connectivity index (χ2n) is 5.45. The van der Waals surface area contributed by atoms with Gasteiger partial charge in [0.2, 0.25) is 0 Å². The molecule has 1 aromatic carbocycles. The van der Waals surface area contributed by atoms with Crippen molar-refractivity contribution >= 4 is 0 Å². The standard InChI is InChI=1S/C15H21N2/c1-16-11-14-8-5-9-15(12-16)17(14)10-13-6-3-2-4-7-13/h2-7,14-15H,8-12H2,1H3. The van der Waals surface area contributed by atoms with Gasteiger partial charge in [0.15, 0.2) is 0 Å². The highest BCUT2D eigenvalue weighted by Crippen LogP contribution is 2.28. The Bertz CT molecular complexity index is 348. The summed E-state index contributed by atoms with van der Waals surface area (Å²) in [6.07, 6.45) is 5.01. The lowest BCUT2D eigenvalue weighted by Crippen LogP contribution is -2.59. The Morgan fingerprint density at radius 2 is 1.71 bits per heavy atom. The molecule has 91 valence electrons. The fraction of sp³-hybridized carbons (Fsp3) is 0.533. The summed E-state index contributed by atoms with van der Waals surface area (Å²) in [5.41, 5.74) is 1.45. The van der Waals surface area contributed by atoms with Crippen LogP contribution in [0.5, 0.6) is 0 Å². The summed E-state index contributed by atoms with van der Waals surface area (Å²) >= 11 is 0. The number of piperidine rings is 1. The highest BCUT2D eigenvalue weighted by Gasteiger charge is 2.35. The molecule has 0 aliphatic carbocycles. The summed E-state index contributed by atoms with van der Waals surface area (Å²) in [5.74, 6) is 0. The number of hydrogen-bond donors (Lipinski definition) is 0. The molecule has 2 nitrogen and oxygen atoms in total. The summed E-state index contributed by atoms with van der Waals surface area (Å²) < 4.78 is 0. The summed E-state index contributed by atoms with van der Waals surface area (Å²) in [6.45, 7) is 3.57. The molecule has 17 heavy (non-hydrogen) atoms. The van der Waals surface area contributed by atoms with Crippen LogP contribution in [0.3, 0.4) is 0 Å². The zero-order chi connectivity index (χ0) is 11.7. The first kappa shape index (κ1) is 11.2.